The van der Waals surface area contributed by atoms with Crippen molar-refractivity contribution in [3.05, 3.63) is 383 Å². The average Bonchev–Trinajstić information content (AvgIpc) is 1.50. The zero-order valence-electron chi connectivity index (χ0n) is 53.6. The van der Waals surface area contributed by atoms with Crippen molar-refractivity contribution in [1.82, 2.24) is 9.13 Å². The zero-order valence-corrected chi connectivity index (χ0v) is 53.6. The van der Waals surface area contributed by atoms with Gasteiger partial charge in [-0.2, -0.15) is 0 Å². The van der Waals surface area contributed by atoms with Crippen LogP contribution < -0.4 is 0 Å². The molecule has 97 heavy (non-hydrogen) atoms. The van der Waals surface area contributed by atoms with Crippen molar-refractivity contribution in [2.75, 3.05) is 0 Å². The minimum absolute atomic E-state index is 0.135. The first-order valence-electron chi connectivity index (χ1n) is 34.2. The Bertz CT molecular complexity index is 6300. The summed E-state index contributed by atoms with van der Waals surface area (Å²) in [5.41, 5.74) is 39.8. The Labute approximate surface area is 562 Å². The van der Waals surface area contributed by atoms with Crippen LogP contribution in [0, 0.1) is 0 Å². The third-order valence-electron chi connectivity index (χ3n) is 23.4. The van der Waals surface area contributed by atoms with Crippen molar-refractivity contribution in [3.63, 3.8) is 0 Å². The van der Waals surface area contributed by atoms with Gasteiger partial charge in [-0.1, -0.05) is 287 Å². The smallest absolute Gasteiger partial charge is 0.0726 e. The van der Waals surface area contributed by atoms with E-state index >= 15 is 0 Å². The number of hydrogen-bond donors (Lipinski definition) is 0. The van der Waals surface area contributed by atoms with Crippen LogP contribution in [0.1, 0.15) is 69.5 Å². The van der Waals surface area contributed by atoms with E-state index in [9.17, 15) is 0 Å². The van der Waals surface area contributed by atoms with Gasteiger partial charge in [0.05, 0.1) is 32.9 Å². The van der Waals surface area contributed by atoms with E-state index < -0.39 is 10.8 Å². The summed E-state index contributed by atoms with van der Waals surface area (Å²) in [6, 6.07) is 125. The minimum atomic E-state index is -0.539. The molecule has 0 amide bonds. The van der Waals surface area contributed by atoms with Crippen LogP contribution in [0.3, 0.4) is 0 Å². The Balaban J connectivity index is 0.706. The molecule has 5 aliphatic carbocycles. The number of hydrogen-bond acceptors (Lipinski definition) is 0. The summed E-state index contributed by atoms with van der Waals surface area (Å²) in [7, 11) is 0. The van der Waals surface area contributed by atoms with Crippen LogP contribution in [0.2, 0.25) is 0 Å². The predicted molar refractivity (Wildman–Crippen MR) is 402 cm³/mol. The first kappa shape index (κ1) is 53.3. The summed E-state index contributed by atoms with van der Waals surface area (Å²) in [6.07, 6.45) is 0. The second-order valence-corrected chi connectivity index (χ2v) is 28.1. The maximum atomic E-state index is 2.59. The SMILES string of the molecule is CC1(C)c2ccccc2-c2ccc(-n3c4ccccc4c4ccc5c(c43)-c3ccccc3C53c4ccccc4-c4cc(-c5cccc(-c6ccc7c(c6)c6ccc8c(c6n7-c6ccc(-c7ccccc7)cc6)-c6ccccc6C86c7ccccc7-c7ccccc76)c5)ccc43)cc21. The summed E-state index contributed by atoms with van der Waals surface area (Å²) in [5.74, 6) is 0. The van der Waals surface area contributed by atoms with Gasteiger partial charge in [-0.25, -0.2) is 0 Å². The molecule has 1 unspecified atom stereocenters. The summed E-state index contributed by atoms with van der Waals surface area (Å²) in [5, 5.41) is 5.01. The highest BCUT2D eigenvalue weighted by atomic mass is 15.0. The largest absolute Gasteiger partial charge is 0.309 e. The molecule has 0 saturated heterocycles. The van der Waals surface area contributed by atoms with E-state index in [1.165, 1.54) is 194 Å². The van der Waals surface area contributed by atoms with Gasteiger partial charge in [0.25, 0.3) is 0 Å². The van der Waals surface area contributed by atoms with Crippen LogP contribution in [0.5, 0.6) is 0 Å². The highest BCUT2D eigenvalue weighted by Gasteiger charge is 2.54. The van der Waals surface area contributed by atoms with E-state index in [1.807, 2.05) is 0 Å². The topological polar surface area (TPSA) is 9.86 Å². The molecule has 1 atom stereocenters. The van der Waals surface area contributed by atoms with Crippen LogP contribution >= 0.6 is 0 Å². The summed E-state index contributed by atoms with van der Waals surface area (Å²) < 4.78 is 5.15. The highest BCUT2D eigenvalue weighted by molar-refractivity contribution is 6.19. The van der Waals surface area contributed by atoms with Gasteiger partial charge < -0.3 is 9.13 Å². The Morgan fingerprint density at radius 1 is 0.206 bits per heavy atom. The number of nitrogens with zero attached hydrogens (tertiary/aromatic N) is 2. The van der Waals surface area contributed by atoms with Gasteiger partial charge in [0.1, 0.15) is 0 Å². The fraction of sp³-hybridized carbons (Fsp3) is 0.0526. The number of para-hydroxylation sites is 1. The molecule has 2 heterocycles. The molecule has 5 aliphatic rings. The van der Waals surface area contributed by atoms with Crippen LogP contribution in [0.15, 0.2) is 328 Å². The molecule has 17 aromatic rings. The van der Waals surface area contributed by atoms with Gasteiger partial charge in [-0.05, 0) is 188 Å². The van der Waals surface area contributed by atoms with Gasteiger partial charge >= 0.3 is 0 Å². The van der Waals surface area contributed by atoms with Crippen molar-refractivity contribution in [3.8, 4) is 100 Å². The molecule has 2 aromatic heterocycles. The molecular weight excluding hydrogens is 1170 g/mol. The van der Waals surface area contributed by atoms with Crippen LogP contribution in [0.4, 0.5) is 0 Å². The average molecular weight is 1230 g/mol. The zero-order chi connectivity index (χ0) is 63.6. The molecule has 2 spiro atoms. The molecule has 0 saturated carbocycles. The molecular formula is C95H60N2. The fourth-order valence-corrected chi connectivity index (χ4v) is 19.4. The van der Waals surface area contributed by atoms with E-state index in [-0.39, 0.29) is 5.41 Å². The van der Waals surface area contributed by atoms with E-state index in [2.05, 4.69) is 351 Å². The third-order valence-corrected chi connectivity index (χ3v) is 23.4. The van der Waals surface area contributed by atoms with E-state index in [4.69, 9.17) is 0 Å². The molecule has 0 radical (unpaired) electrons. The molecule has 0 bridgehead atoms. The Morgan fingerprint density at radius 3 is 1.22 bits per heavy atom. The summed E-state index contributed by atoms with van der Waals surface area (Å²) in [6.45, 7) is 4.78. The lowest BCUT2D eigenvalue weighted by molar-refractivity contribution is 0.660. The number of aromatic nitrogens is 2. The summed E-state index contributed by atoms with van der Waals surface area (Å²) >= 11 is 0. The lowest BCUT2D eigenvalue weighted by atomic mass is 9.70. The van der Waals surface area contributed by atoms with Crippen LogP contribution in [0.25, 0.3) is 144 Å². The number of rotatable bonds is 5. The fourth-order valence-electron chi connectivity index (χ4n) is 19.4. The molecule has 0 fully saturated rings. The lowest BCUT2D eigenvalue weighted by Crippen LogP contribution is -2.25. The molecule has 0 aliphatic heterocycles. The monoisotopic (exact) mass is 1230 g/mol. The van der Waals surface area contributed by atoms with E-state index in [1.54, 1.807) is 0 Å². The molecule has 22 rings (SSSR count). The van der Waals surface area contributed by atoms with E-state index in [0.29, 0.717) is 0 Å². The maximum absolute atomic E-state index is 2.59. The van der Waals surface area contributed by atoms with Crippen LogP contribution in [-0.2, 0) is 16.2 Å². The van der Waals surface area contributed by atoms with Gasteiger partial charge in [0.15, 0.2) is 0 Å². The van der Waals surface area contributed by atoms with Gasteiger partial charge in [-0.3, -0.25) is 0 Å². The number of benzene rings is 15. The molecule has 0 N–H and O–H groups in total. The first-order valence-corrected chi connectivity index (χ1v) is 34.2. The Kier molecular flexibility index (Phi) is 10.5. The molecule has 15 aromatic carbocycles. The Hall–Kier alpha value is -12.1. The lowest BCUT2D eigenvalue weighted by Gasteiger charge is -2.30. The molecule has 450 valence electrons. The normalized spacial score (nSPS) is 15.5. The predicted octanol–water partition coefficient (Wildman–Crippen LogP) is 23.9. The molecule has 2 nitrogen and oxygen atoms in total. The highest BCUT2D eigenvalue weighted by Crippen LogP contribution is 2.67. The molecule has 2 heteroatoms. The first-order chi connectivity index (χ1) is 47.9. The second-order valence-electron chi connectivity index (χ2n) is 28.1. The number of fused-ring (bicyclic) bond motifs is 31. The van der Waals surface area contributed by atoms with Gasteiger partial charge in [0, 0.05) is 49.5 Å². The minimum Gasteiger partial charge on any atom is -0.309 e. The third kappa shape index (κ3) is 6.70. The quantitative estimate of drug-likeness (QED) is 0.163. The summed E-state index contributed by atoms with van der Waals surface area (Å²) in [4.78, 5) is 0. The van der Waals surface area contributed by atoms with Crippen molar-refractivity contribution < 1.29 is 0 Å². The van der Waals surface area contributed by atoms with Crippen molar-refractivity contribution >= 4 is 43.6 Å². The van der Waals surface area contributed by atoms with Gasteiger partial charge in [0.2, 0.25) is 0 Å². The van der Waals surface area contributed by atoms with Crippen molar-refractivity contribution in [1.29, 1.82) is 0 Å². The van der Waals surface area contributed by atoms with Crippen LogP contribution in [-0.4, -0.2) is 9.13 Å². The maximum Gasteiger partial charge on any atom is 0.0726 e. The van der Waals surface area contributed by atoms with Crippen molar-refractivity contribution in [2.24, 2.45) is 0 Å². The standard InChI is InChI=1S/C95H60N2/c1-93(2)77-32-13-6-25-65(77)69-46-45-64(56-86(69)93)97-87-38-19-12-29-70(87)71-47-50-85-89(91(71)97)74-31-11-18-37-82(74)95(85)80-35-16-9-28-68(80)75-54-61(41-49-83(75)95)59-23-20-24-60(53-59)62-42-52-88-76(55-62)72-48-51-84-90(92(72)96(88)63-43-39-58(40-44-63)57-21-4-3-5-22-57)73-30-10-17-36-81(73)94(84)78-33-14-7-26-66(78)67-27-8-15-34-79(67)94/h3-56H,1-2H3. The van der Waals surface area contributed by atoms with E-state index in [0.717, 1.165) is 5.69 Å². The Morgan fingerprint density at radius 2 is 0.598 bits per heavy atom. The van der Waals surface area contributed by atoms with Gasteiger partial charge in [-0.15, -0.1) is 0 Å². The second kappa shape index (κ2) is 19.1. The van der Waals surface area contributed by atoms with Crippen molar-refractivity contribution in [2.45, 2.75) is 30.1 Å².